The first-order valence-corrected chi connectivity index (χ1v) is 7.58. The van der Waals surface area contributed by atoms with Crippen LogP contribution in [0.15, 0.2) is 60.2 Å². The minimum atomic E-state index is -1.18. The van der Waals surface area contributed by atoms with Gasteiger partial charge in [-0.05, 0) is 24.5 Å². The third-order valence-electron chi connectivity index (χ3n) is 3.95. The summed E-state index contributed by atoms with van der Waals surface area (Å²) in [6.07, 6.45) is 1.34. The Hall–Kier alpha value is -2.88. The smallest absolute Gasteiger partial charge is 0.340 e. The molecule has 0 radical (unpaired) electrons. The standard InChI is InChI=1S/C19H17NO3/c21-18(13-7-2-1-3-8-13)17(19(22)23)15-10-6-12-20-16-11-5-4-9-14(15)16/h1-5,7-9,11,20H,6,10,12H2,(H,22,23). The van der Waals surface area contributed by atoms with Crippen LogP contribution < -0.4 is 5.32 Å². The van der Waals surface area contributed by atoms with Crippen molar-refractivity contribution >= 4 is 23.0 Å². The van der Waals surface area contributed by atoms with Crippen LogP contribution in [-0.2, 0) is 4.79 Å². The first-order valence-electron chi connectivity index (χ1n) is 7.58. The SMILES string of the molecule is O=C(O)C(C(=O)c1ccccc1)=C1CCCNc2ccccc21. The van der Waals surface area contributed by atoms with Gasteiger partial charge in [0, 0.05) is 23.4 Å². The quantitative estimate of drug-likeness (QED) is 0.393. The van der Waals surface area contributed by atoms with E-state index < -0.39 is 11.8 Å². The van der Waals surface area contributed by atoms with Gasteiger partial charge in [-0.2, -0.15) is 0 Å². The molecule has 1 heterocycles. The number of Topliss-reactive ketones (excluding diaryl/α,β-unsaturated/α-hetero) is 1. The fourth-order valence-corrected chi connectivity index (χ4v) is 2.88. The normalized spacial score (nSPS) is 15.8. The highest BCUT2D eigenvalue weighted by molar-refractivity contribution is 6.28. The fourth-order valence-electron chi connectivity index (χ4n) is 2.88. The van der Waals surface area contributed by atoms with Crippen LogP contribution in [0.3, 0.4) is 0 Å². The zero-order valence-corrected chi connectivity index (χ0v) is 12.6. The summed E-state index contributed by atoms with van der Waals surface area (Å²) in [5, 5.41) is 13.0. The summed E-state index contributed by atoms with van der Waals surface area (Å²) in [5.41, 5.74) is 2.54. The Labute approximate surface area is 134 Å². The second kappa shape index (κ2) is 6.48. The fraction of sp³-hybridized carbons (Fsp3) is 0.158. The van der Waals surface area contributed by atoms with Crippen LogP contribution in [0.4, 0.5) is 5.69 Å². The predicted molar refractivity (Wildman–Crippen MR) is 89.5 cm³/mol. The van der Waals surface area contributed by atoms with Gasteiger partial charge in [-0.25, -0.2) is 4.79 Å². The van der Waals surface area contributed by atoms with Crippen LogP contribution in [0, 0.1) is 0 Å². The maximum Gasteiger partial charge on any atom is 0.340 e. The van der Waals surface area contributed by atoms with E-state index >= 15 is 0 Å². The van der Waals surface area contributed by atoms with Gasteiger partial charge in [0.05, 0.1) is 0 Å². The number of allylic oxidation sites excluding steroid dienone is 1. The molecule has 0 bridgehead atoms. The Bertz CT molecular complexity index is 778. The Balaban J connectivity index is 2.18. The average Bonchev–Trinajstić information content (AvgIpc) is 2.78. The molecule has 23 heavy (non-hydrogen) atoms. The minimum absolute atomic E-state index is 0.132. The summed E-state index contributed by atoms with van der Waals surface area (Å²) in [6, 6.07) is 16.1. The lowest BCUT2D eigenvalue weighted by Gasteiger charge is -2.13. The van der Waals surface area contributed by atoms with Crippen molar-refractivity contribution in [2.75, 3.05) is 11.9 Å². The number of hydrogen-bond donors (Lipinski definition) is 2. The summed E-state index contributed by atoms with van der Waals surface area (Å²) < 4.78 is 0. The number of carboxylic acids is 1. The van der Waals surface area contributed by atoms with Gasteiger partial charge in [0.1, 0.15) is 5.57 Å². The molecule has 0 amide bonds. The lowest BCUT2D eigenvalue weighted by molar-refractivity contribution is -0.132. The first-order chi connectivity index (χ1) is 11.2. The summed E-state index contributed by atoms with van der Waals surface area (Å²) in [5.74, 6) is -1.62. The van der Waals surface area contributed by atoms with Crippen molar-refractivity contribution in [2.45, 2.75) is 12.8 Å². The van der Waals surface area contributed by atoms with Crippen molar-refractivity contribution in [3.63, 3.8) is 0 Å². The topological polar surface area (TPSA) is 66.4 Å². The molecule has 4 heteroatoms. The summed E-state index contributed by atoms with van der Waals surface area (Å²) in [7, 11) is 0. The Morgan fingerprint density at radius 2 is 1.65 bits per heavy atom. The molecule has 2 aromatic rings. The highest BCUT2D eigenvalue weighted by Crippen LogP contribution is 2.33. The van der Waals surface area contributed by atoms with Crippen LogP contribution in [0.2, 0.25) is 0 Å². The highest BCUT2D eigenvalue weighted by Gasteiger charge is 2.26. The number of ketones is 1. The van der Waals surface area contributed by atoms with Gasteiger partial charge in [0.25, 0.3) is 0 Å². The van der Waals surface area contributed by atoms with E-state index in [4.69, 9.17) is 0 Å². The number of nitrogens with one attached hydrogen (secondary N) is 1. The summed E-state index contributed by atoms with van der Waals surface area (Å²) in [6.45, 7) is 0.757. The zero-order valence-electron chi connectivity index (χ0n) is 12.6. The van der Waals surface area contributed by atoms with Gasteiger partial charge in [0.15, 0.2) is 0 Å². The number of carbonyl (C=O) groups excluding carboxylic acids is 1. The van der Waals surface area contributed by atoms with Crippen molar-refractivity contribution < 1.29 is 14.7 Å². The van der Waals surface area contributed by atoms with E-state index in [1.165, 1.54) is 0 Å². The average molecular weight is 307 g/mol. The molecule has 116 valence electrons. The Morgan fingerprint density at radius 1 is 0.957 bits per heavy atom. The molecule has 0 unspecified atom stereocenters. The van der Waals surface area contributed by atoms with Crippen LogP contribution in [0.5, 0.6) is 0 Å². The van der Waals surface area contributed by atoms with Gasteiger partial charge in [-0.1, -0.05) is 48.5 Å². The molecule has 3 rings (SSSR count). The van der Waals surface area contributed by atoms with Crippen LogP contribution >= 0.6 is 0 Å². The molecule has 0 saturated heterocycles. The molecule has 0 saturated carbocycles. The van der Waals surface area contributed by atoms with Crippen molar-refractivity contribution in [3.8, 4) is 0 Å². The molecule has 2 aromatic carbocycles. The largest absolute Gasteiger partial charge is 0.478 e. The minimum Gasteiger partial charge on any atom is -0.478 e. The monoisotopic (exact) mass is 307 g/mol. The molecular formula is C19H17NO3. The van der Waals surface area contributed by atoms with Crippen LogP contribution in [0.1, 0.15) is 28.8 Å². The maximum atomic E-state index is 12.7. The van der Waals surface area contributed by atoms with E-state index in [2.05, 4.69) is 5.32 Å². The summed E-state index contributed by atoms with van der Waals surface area (Å²) >= 11 is 0. The first kappa shape index (κ1) is 15.0. The van der Waals surface area contributed by atoms with Crippen molar-refractivity contribution in [1.29, 1.82) is 0 Å². The molecule has 0 aromatic heterocycles. The Kier molecular flexibility index (Phi) is 4.24. The number of carboxylic acid groups (broad SMARTS) is 1. The third kappa shape index (κ3) is 3.01. The molecule has 1 aliphatic heterocycles. The van der Waals surface area contributed by atoms with E-state index in [9.17, 15) is 14.7 Å². The molecule has 0 fully saturated rings. The van der Waals surface area contributed by atoms with Gasteiger partial charge in [0.2, 0.25) is 5.78 Å². The van der Waals surface area contributed by atoms with Gasteiger partial charge in [-0.15, -0.1) is 0 Å². The number of hydrogen-bond acceptors (Lipinski definition) is 3. The van der Waals surface area contributed by atoms with Crippen molar-refractivity contribution in [2.24, 2.45) is 0 Å². The second-order valence-corrected chi connectivity index (χ2v) is 5.43. The number of benzene rings is 2. The number of para-hydroxylation sites is 1. The van der Waals surface area contributed by atoms with Crippen molar-refractivity contribution in [3.05, 3.63) is 71.3 Å². The van der Waals surface area contributed by atoms with Crippen LogP contribution in [-0.4, -0.2) is 23.4 Å². The molecule has 4 nitrogen and oxygen atoms in total. The van der Waals surface area contributed by atoms with Crippen LogP contribution in [0.25, 0.3) is 5.57 Å². The van der Waals surface area contributed by atoms with Gasteiger partial charge in [-0.3, -0.25) is 4.79 Å². The van der Waals surface area contributed by atoms with E-state index in [1.807, 2.05) is 24.3 Å². The molecule has 0 aliphatic carbocycles. The number of rotatable bonds is 3. The molecule has 0 spiro atoms. The van der Waals surface area contributed by atoms with Crippen molar-refractivity contribution in [1.82, 2.24) is 0 Å². The predicted octanol–water partition coefficient (Wildman–Crippen LogP) is 3.61. The number of carbonyl (C=O) groups is 2. The third-order valence-corrected chi connectivity index (χ3v) is 3.95. The number of fused-ring (bicyclic) bond motifs is 1. The summed E-state index contributed by atoms with van der Waals surface area (Å²) in [4.78, 5) is 24.6. The highest BCUT2D eigenvalue weighted by atomic mass is 16.4. The second-order valence-electron chi connectivity index (χ2n) is 5.43. The van der Waals surface area contributed by atoms with E-state index in [-0.39, 0.29) is 5.57 Å². The lowest BCUT2D eigenvalue weighted by atomic mass is 9.91. The molecule has 1 aliphatic rings. The Morgan fingerprint density at radius 3 is 2.39 bits per heavy atom. The van der Waals surface area contributed by atoms with E-state index in [1.54, 1.807) is 30.3 Å². The maximum absolute atomic E-state index is 12.7. The number of aliphatic carboxylic acids is 1. The van der Waals surface area contributed by atoms with E-state index in [0.29, 0.717) is 17.6 Å². The molecule has 2 N–H and O–H groups in total. The zero-order chi connectivity index (χ0) is 16.2. The number of anilines is 1. The van der Waals surface area contributed by atoms with Gasteiger partial charge >= 0.3 is 5.97 Å². The lowest BCUT2D eigenvalue weighted by Crippen LogP contribution is -2.15. The molecular weight excluding hydrogens is 290 g/mol. The molecule has 0 atom stereocenters. The van der Waals surface area contributed by atoms with E-state index in [0.717, 1.165) is 24.2 Å². The van der Waals surface area contributed by atoms with Gasteiger partial charge < -0.3 is 10.4 Å².